The van der Waals surface area contributed by atoms with Crippen molar-refractivity contribution in [3.63, 3.8) is 0 Å². The molecule has 2 rings (SSSR count). The molecule has 3 N–H and O–H groups in total. The fraction of sp³-hybridized carbons (Fsp3) is 0.889. The second-order valence-electron chi connectivity index (χ2n) is 4.25. The average molecular weight is 168 g/mol. The van der Waals surface area contributed by atoms with Gasteiger partial charge >= 0.3 is 0 Å². The first kappa shape index (κ1) is 8.05. The zero-order valence-corrected chi connectivity index (χ0v) is 7.31. The minimum Gasteiger partial charge on any atom is -0.294 e. The summed E-state index contributed by atoms with van der Waals surface area (Å²) in [5.74, 6) is 6.06. The van der Waals surface area contributed by atoms with Crippen molar-refractivity contribution >= 4 is 5.91 Å². The molecule has 3 nitrogen and oxygen atoms in total. The van der Waals surface area contributed by atoms with Gasteiger partial charge in [0.1, 0.15) is 0 Å². The van der Waals surface area contributed by atoms with E-state index in [-0.39, 0.29) is 11.3 Å². The van der Waals surface area contributed by atoms with Crippen LogP contribution in [0.25, 0.3) is 0 Å². The summed E-state index contributed by atoms with van der Waals surface area (Å²) in [6, 6.07) is 0. The minimum atomic E-state index is -0.0718. The Bertz CT molecular complexity index is 201. The lowest BCUT2D eigenvalue weighted by Gasteiger charge is -2.30. The molecule has 2 unspecified atom stereocenters. The zero-order chi connectivity index (χ0) is 8.60. The number of hydrogen-bond acceptors (Lipinski definition) is 2. The molecule has 2 fully saturated rings. The van der Waals surface area contributed by atoms with E-state index in [1.54, 1.807) is 0 Å². The number of carbonyl (C=O) groups is 1. The van der Waals surface area contributed by atoms with Gasteiger partial charge in [-0.25, -0.2) is 5.84 Å². The highest BCUT2D eigenvalue weighted by molar-refractivity contribution is 5.82. The number of amides is 1. The number of rotatable bonds is 1. The molecular formula is C9H16N2O. The van der Waals surface area contributed by atoms with Gasteiger partial charge in [0.2, 0.25) is 5.91 Å². The van der Waals surface area contributed by atoms with Crippen LogP contribution in [0.5, 0.6) is 0 Å². The second-order valence-corrected chi connectivity index (χ2v) is 4.25. The maximum Gasteiger partial charge on any atom is 0.240 e. The van der Waals surface area contributed by atoms with E-state index >= 15 is 0 Å². The Balaban J connectivity index is 2.15. The van der Waals surface area contributed by atoms with Crippen molar-refractivity contribution in [3.8, 4) is 0 Å². The molecule has 0 aromatic rings. The second kappa shape index (κ2) is 2.73. The van der Waals surface area contributed by atoms with Crippen LogP contribution >= 0.6 is 0 Å². The lowest BCUT2D eigenvalue weighted by atomic mass is 9.75. The summed E-state index contributed by atoms with van der Waals surface area (Å²) in [6.07, 6.45) is 6.94. The highest BCUT2D eigenvalue weighted by Crippen LogP contribution is 2.51. The summed E-state index contributed by atoms with van der Waals surface area (Å²) in [6.45, 7) is 0. The van der Waals surface area contributed by atoms with Gasteiger partial charge in [0, 0.05) is 0 Å². The quantitative estimate of drug-likeness (QED) is 0.348. The normalized spacial score (nSPS) is 39.6. The summed E-state index contributed by atoms with van der Waals surface area (Å²) in [7, 11) is 0. The minimum absolute atomic E-state index is 0.0718. The Kier molecular flexibility index (Phi) is 1.83. The number of hydrazine groups is 1. The van der Waals surface area contributed by atoms with Gasteiger partial charge < -0.3 is 0 Å². The Morgan fingerprint density at radius 3 is 3.00 bits per heavy atom. The van der Waals surface area contributed by atoms with Crippen LogP contribution in [0.1, 0.15) is 38.5 Å². The fourth-order valence-corrected chi connectivity index (χ4v) is 2.91. The lowest BCUT2D eigenvalue weighted by molar-refractivity contribution is -0.132. The number of carbonyl (C=O) groups excluding carboxylic acids is 1. The third-order valence-electron chi connectivity index (χ3n) is 3.59. The average Bonchev–Trinajstić information content (AvgIpc) is 2.42. The van der Waals surface area contributed by atoms with E-state index in [1.807, 2.05) is 0 Å². The molecule has 0 spiro atoms. The van der Waals surface area contributed by atoms with Crippen LogP contribution in [0.3, 0.4) is 0 Å². The van der Waals surface area contributed by atoms with Crippen molar-refractivity contribution in [1.82, 2.24) is 5.43 Å². The first-order valence-electron chi connectivity index (χ1n) is 4.78. The number of nitrogens with two attached hydrogens (primary N) is 1. The summed E-state index contributed by atoms with van der Waals surface area (Å²) < 4.78 is 0. The molecule has 3 heteroatoms. The SMILES string of the molecule is NNC(=O)C12CCCC(CC1)C2. The Hall–Kier alpha value is -0.570. The molecular weight excluding hydrogens is 152 g/mol. The predicted octanol–water partition coefficient (Wildman–Crippen LogP) is 0.947. The molecule has 2 bridgehead atoms. The van der Waals surface area contributed by atoms with Gasteiger partial charge in [-0.05, 0) is 31.6 Å². The van der Waals surface area contributed by atoms with Crippen LogP contribution < -0.4 is 11.3 Å². The van der Waals surface area contributed by atoms with Crippen LogP contribution in [0.4, 0.5) is 0 Å². The third-order valence-corrected chi connectivity index (χ3v) is 3.59. The van der Waals surface area contributed by atoms with E-state index < -0.39 is 0 Å². The van der Waals surface area contributed by atoms with Crippen molar-refractivity contribution < 1.29 is 4.79 Å². The lowest BCUT2D eigenvalue weighted by Crippen LogP contribution is -2.43. The maximum absolute atomic E-state index is 11.5. The molecule has 0 heterocycles. The van der Waals surface area contributed by atoms with Crippen LogP contribution in [-0.2, 0) is 4.79 Å². The summed E-state index contributed by atoms with van der Waals surface area (Å²) in [5, 5.41) is 0. The van der Waals surface area contributed by atoms with E-state index in [1.165, 1.54) is 19.3 Å². The van der Waals surface area contributed by atoms with Crippen LogP contribution in [0, 0.1) is 11.3 Å². The van der Waals surface area contributed by atoms with Crippen molar-refractivity contribution in [3.05, 3.63) is 0 Å². The smallest absolute Gasteiger partial charge is 0.240 e. The number of fused-ring (bicyclic) bond motifs is 2. The first-order valence-corrected chi connectivity index (χ1v) is 4.78. The largest absolute Gasteiger partial charge is 0.294 e. The molecule has 1 amide bonds. The zero-order valence-electron chi connectivity index (χ0n) is 7.31. The van der Waals surface area contributed by atoms with Gasteiger partial charge in [0.15, 0.2) is 0 Å². The van der Waals surface area contributed by atoms with Gasteiger partial charge in [0.25, 0.3) is 0 Å². The van der Waals surface area contributed by atoms with Gasteiger partial charge in [-0.15, -0.1) is 0 Å². The van der Waals surface area contributed by atoms with Gasteiger partial charge in [0.05, 0.1) is 5.41 Å². The molecule has 2 aliphatic rings. The molecule has 2 saturated carbocycles. The van der Waals surface area contributed by atoms with E-state index in [9.17, 15) is 4.79 Å². The van der Waals surface area contributed by atoms with Crippen LogP contribution in [0.15, 0.2) is 0 Å². The molecule has 2 aliphatic carbocycles. The monoisotopic (exact) mass is 168 g/mol. The van der Waals surface area contributed by atoms with Crippen molar-refractivity contribution in [2.45, 2.75) is 38.5 Å². The standard InChI is InChI=1S/C9H16N2O/c10-11-8(12)9-4-1-2-7(6-9)3-5-9/h7H,1-6,10H2,(H,11,12). The molecule has 0 aromatic heterocycles. The highest BCUT2D eigenvalue weighted by Gasteiger charge is 2.46. The predicted molar refractivity (Wildman–Crippen MR) is 46.0 cm³/mol. The fourth-order valence-electron chi connectivity index (χ4n) is 2.91. The molecule has 2 atom stereocenters. The summed E-state index contributed by atoms with van der Waals surface area (Å²) >= 11 is 0. The van der Waals surface area contributed by atoms with Crippen molar-refractivity contribution in [2.75, 3.05) is 0 Å². The van der Waals surface area contributed by atoms with Gasteiger partial charge in [-0.3, -0.25) is 10.2 Å². The highest BCUT2D eigenvalue weighted by atomic mass is 16.2. The van der Waals surface area contributed by atoms with Crippen molar-refractivity contribution in [1.29, 1.82) is 0 Å². The summed E-state index contributed by atoms with van der Waals surface area (Å²) in [5.41, 5.74) is 2.24. The number of nitrogens with one attached hydrogen (secondary N) is 1. The van der Waals surface area contributed by atoms with E-state index in [2.05, 4.69) is 5.43 Å². The summed E-state index contributed by atoms with van der Waals surface area (Å²) in [4.78, 5) is 11.5. The van der Waals surface area contributed by atoms with Gasteiger partial charge in [-0.2, -0.15) is 0 Å². The van der Waals surface area contributed by atoms with E-state index in [0.717, 1.165) is 25.2 Å². The molecule has 0 aromatic carbocycles. The molecule has 0 aliphatic heterocycles. The molecule has 68 valence electrons. The maximum atomic E-state index is 11.5. The van der Waals surface area contributed by atoms with E-state index in [0.29, 0.717) is 0 Å². The van der Waals surface area contributed by atoms with Crippen molar-refractivity contribution in [2.24, 2.45) is 17.2 Å². The van der Waals surface area contributed by atoms with Crippen LogP contribution in [-0.4, -0.2) is 5.91 Å². The van der Waals surface area contributed by atoms with E-state index in [4.69, 9.17) is 5.84 Å². The Labute approximate surface area is 72.7 Å². The van der Waals surface area contributed by atoms with Gasteiger partial charge in [-0.1, -0.05) is 12.8 Å². The third kappa shape index (κ3) is 1.04. The number of hydrogen-bond donors (Lipinski definition) is 2. The Morgan fingerprint density at radius 2 is 2.25 bits per heavy atom. The molecule has 12 heavy (non-hydrogen) atoms. The molecule has 0 radical (unpaired) electrons. The van der Waals surface area contributed by atoms with Crippen LogP contribution in [0.2, 0.25) is 0 Å². The Morgan fingerprint density at radius 1 is 1.42 bits per heavy atom. The molecule has 0 saturated heterocycles. The first-order chi connectivity index (χ1) is 5.77. The topological polar surface area (TPSA) is 55.1 Å².